The van der Waals surface area contributed by atoms with Gasteiger partial charge in [0.2, 0.25) is 0 Å². The van der Waals surface area contributed by atoms with Crippen molar-refractivity contribution in [2.24, 2.45) is 5.92 Å². The van der Waals surface area contributed by atoms with E-state index in [1.807, 2.05) is 0 Å². The number of rotatable bonds is 1. The molecule has 100 valence electrons. The van der Waals surface area contributed by atoms with Gasteiger partial charge >= 0.3 is 6.18 Å². The highest BCUT2D eigenvalue weighted by molar-refractivity contribution is 5.43. The van der Waals surface area contributed by atoms with E-state index in [4.69, 9.17) is 5.73 Å². The van der Waals surface area contributed by atoms with E-state index >= 15 is 0 Å². The highest BCUT2D eigenvalue weighted by atomic mass is 19.4. The maximum atomic E-state index is 12.6. The monoisotopic (exact) mass is 260 g/mol. The zero-order valence-electron chi connectivity index (χ0n) is 9.74. The molecule has 1 aromatic heterocycles. The molecule has 1 aliphatic carbocycles. The lowest BCUT2D eigenvalue weighted by Gasteiger charge is -2.37. The zero-order valence-corrected chi connectivity index (χ0v) is 9.74. The van der Waals surface area contributed by atoms with Crippen LogP contribution in [0.25, 0.3) is 0 Å². The molecule has 1 aromatic rings. The summed E-state index contributed by atoms with van der Waals surface area (Å²) >= 11 is 0. The first kappa shape index (κ1) is 13.1. The number of halogens is 3. The molecule has 1 heterocycles. The summed E-state index contributed by atoms with van der Waals surface area (Å²) in [7, 11) is 0. The van der Waals surface area contributed by atoms with Gasteiger partial charge < -0.3 is 10.8 Å². The lowest BCUT2D eigenvalue weighted by Crippen LogP contribution is -2.37. The quantitative estimate of drug-likeness (QED) is 0.816. The zero-order chi connectivity index (χ0) is 13.4. The Morgan fingerprint density at radius 1 is 1.33 bits per heavy atom. The Morgan fingerprint density at radius 3 is 2.44 bits per heavy atom. The summed E-state index contributed by atoms with van der Waals surface area (Å²) in [5.74, 6) is -1.14. The predicted octanol–water partition coefficient (Wildman–Crippen LogP) is 2.60. The third-order valence-corrected chi connectivity index (χ3v) is 3.62. The molecule has 0 unspecified atom stereocenters. The van der Waals surface area contributed by atoms with E-state index in [0.29, 0.717) is 5.56 Å². The highest BCUT2D eigenvalue weighted by Crippen LogP contribution is 2.45. The molecular formula is C12H15F3N2O. The lowest BCUT2D eigenvalue weighted by molar-refractivity contribution is -0.193. The summed E-state index contributed by atoms with van der Waals surface area (Å²) in [6, 6.07) is 3.25. The Balaban J connectivity index is 2.15. The maximum absolute atomic E-state index is 12.6. The molecule has 0 aromatic carbocycles. The second-order valence-electron chi connectivity index (χ2n) is 4.78. The lowest BCUT2D eigenvalue weighted by atomic mass is 9.75. The van der Waals surface area contributed by atoms with Crippen LogP contribution in [-0.2, 0) is 5.60 Å². The van der Waals surface area contributed by atoms with Crippen molar-refractivity contribution in [3.8, 4) is 0 Å². The molecule has 0 atom stereocenters. The van der Waals surface area contributed by atoms with Gasteiger partial charge in [-0.1, -0.05) is 6.07 Å². The van der Waals surface area contributed by atoms with Gasteiger partial charge in [0.25, 0.3) is 0 Å². The summed E-state index contributed by atoms with van der Waals surface area (Å²) in [6.07, 6.45) is -2.71. The van der Waals surface area contributed by atoms with E-state index in [1.54, 1.807) is 12.1 Å². The van der Waals surface area contributed by atoms with Crippen LogP contribution in [-0.4, -0.2) is 16.3 Å². The molecule has 1 fully saturated rings. The van der Waals surface area contributed by atoms with Gasteiger partial charge in [0.1, 0.15) is 5.82 Å². The van der Waals surface area contributed by atoms with E-state index in [2.05, 4.69) is 4.98 Å². The van der Waals surface area contributed by atoms with Crippen molar-refractivity contribution in [3.63, 3.8) is 0 Å². The molecular weight excluding hydrogens is 245 g/mol. The van der Waals surface area contributed by atoms with E-state index in [9.17, 15) is 18.3 Å². The van der Waals surface area contributed by atoms with E-state index in [-0.39, 0.29) is 31.5 Å². The van der Waals surface area contributed by atoms with Crippen molar-refractivity contribution < 1.29 is 18.3 Å². The average molecular weight is 260 g/mol. The first-order valence-corrected chi connectivity index (χ1v) is 5.83. The van der Waals surface area contributed by atoms with Crippen molar-refractivity contribution in [2.75, 3.05) is 5.73 Å². The van der Waals surface area contributed by atoms with Crippen LogP contribution >= 0.6 is 0 Å². The fraction of sp³-hybridized carbons (Fsp3) is 0.583. The molecule has 18 heavy (non-hydrogen) atoms. The Kier molecular flexibility index (Phi) is 3.23. The van der Waals surface area contributed by atoms with Crippen LogP contribution in [0.15, 0.2) is 18.3 Å². The van der Waals surface area contributed by atoms with Crippen LogP contribution in [0.1, 0.15) is 31.2 Å². The molecule has 0 radical (unpaired) electrons. The Hall–Kier alpha value is -1.30. The van der Waals surface area contributed by atoms with Gasteiger partial charge in [0, 0.05) is 11.8 Å². The number of aliphatic hydroxyl groups is 1. The second kappa shape index (κ2) is 4.42. The standard InChI is InChI=1S/C12H15F3N2O/c13-12(14,15)8-3-5-11(18,6-4-8)9-2-1-7-17-10(9)16/h1-2,7-8,18H,3-6H2,(H2,16,17). The molecule has 0 saturated heterocycles. The number of alkyl halides is 3. The van der Waals surface area contributed by atoms with E-state index in [1.165, 1.54) is 6.20 Å². The van der Waals surface area contributed by atoms with Crippen LogP contribution in [0.5, 0.6) is 0 Å². The molecule has 3 nitrogen and oxygen atoms in total. The van der Waals surface area contributed by atoms with Crippen molar-refractivity contribution in [3.05, 3.63) is 23.9 Å². The van der Waals surface area contributed by atoms with E-state index < -0.39 is 17.7 Å². The summed E-state index contributed by atoms with van der Waals surface area (Å²) in [6.45, 7) is 0. The first-order chi connectivity index (χ1) is 8.33. The van der Waals surface area contributed by atoms with E-state index in [0.717, 1.165) is 0 Å². The number of nitrogen functional groups attached to an aromatic ring is 1. The predicted molar refractivity (Wildman–Crippen MR) is 60.6 cm³/mol. The second-order valence-corrected chi connectivity index (χ2v) is 4.78. The number of hydrogen-bond donors (Lipinski definition) is 2. The molecule has 6 heteroatoms. The summed E-state index contributed by atoms with van der Waals surface area (Å²) < 4.78 is 37.7. The molecule has 0 amide bonds. The van der Waals surface area contributed by atoms with Crippen molar-refractivity contribution in [1.29, 1.82) is 0 Å². The van der Waals surface area contributed by atoms with Gasteiger partial charge in [0.05, 0.1) is 11.5 Å². The maximum Gasteiger partial charge on any atom is 0.391 e. The minimum absolute atomic E-state index is 0.0626. The van der Waals surface area contributed by atoms with Gasteiger partial charge in [-0.3, -0.25) is 0 Å². The number of hydrogen-bond acceptors (Lipinski definition) is 3. The minimum atomic E-state index is -4.18. The summed E-state index contributed by atoms with van der Waals surface area (Å²) in [4.78, 5) is 3.86. The fourth-order valence-electron chi connectivity index (χ4n) is 2.50. The number of aromatic nitrogens is 1. The molecule has 0 spiro atoms. The van der Waals surface area contributed by atoms with Crippen LogP contribution in [0.4, 0.5) is 19.0 Å². The molecule has 1 saturated carbocycles. The Morgan fingerprint density at radius 2 is 1.94 bits per heavy atom. The van der Waals surface area contributed by atoms with Crippen molar-refractivity contribution in [1.82, 2.24) is 4.98 Å². The molecule has 0 aliphatic heterocycles. The molecule has 1 aliphatic rings. The normalized spacial score (nSPS) is 29.2. The van der Waals surface area contributed by atoms with Gasteiger partial charge in [-0.05, 0) is 31.7 Å². The molecule has 0 bridgehead atoms. The first-order valence-electron chi connectivity index (χ1n) is 5.83. The topological polar surface area (TPSA) is 59.1 Å². The largest absolute Gasteiger partial charge is 0.391 e. The van der Waals surface area contributed by atoms with Gasteiger partial charge in [0.15, 0.2) is 0 Å². The fourth-order valence-corrected chi connectivity index (χ4v) is 2.50. The highest BCUT2D eigenvalue weighted by Gasteiger charge is 2.46. The van der Waals surface area contributed by atoms with Gasteiger partial charge in [-0.2, -0.15) is 13.2 Å². The average Bonchev–Trinajstić information content (AvgIpc) is 2.28. The van der Waals surface area contributed by atoms with Gasteiger partial charge in [-0.25, -0.2) is 4.98 Å². The SMILES string of the molecule is Nc1ncccc1C1(O)CCC(C(F)(F)F)CC1. The number of nitrogens with zero attached hydrogens (tertiary/aromatic N) is 1. The summed E-state index contributed by atoms with van der Waals surface area (Å²) in [5.41, 5.74) is 4.82. The third-order valence-electron chi connectivity index (χ3n) is 3.62. The van der Waals surface area contributed by atoms with Crippen LogP contribution in [0.2, 0.25) is 0 Å². The smallest absolute Gasteiger partial charge is 0.385 e. The minimum Gasteiger partial charge on any atom is -0.385 e. The number of anilines is 1. The number of nitrogens with two attached hydrogens (primary N) is 1. The molecule has 2 rings (SSSR count). The van der Waals surface area contributed by atoms with Crippen molar-refractivity contribution >= 4 is 5.82 Å². The summed E-state index contributed by atoms with van der Waals surface area (Å²) in [5, 5.41) is 10.4. The number of pyridine rings is 1. The van der Waals surface area contributed by atoms with Crippen molar-refractivity contribution in [2.45, 2.75) is 37.5 Å². The van der Waals surface area contributed by atoms with Gasteiger partial charge in [-0.15, -0.1) is 0 Å². The Bertz CT molecular complexity index is 426. The van der Waals surface area contributed by atoms with Crippen LogP contribution < -0.4 is 5.73 Å². The van der Waals surface area contributed by atoms with Crippen LogP contribution in [0.3, 0.4) is 0 Å². The Labute approximate surface area is 103 Å². The third kappa shape index (κ3) is 2.43. The molecule has 3 N–H and O–H groups in total. The van der Waals surface area contributed by atoms with Crippen LogP contribution in [0, 0.1) is 5.92 Å².